The summed E-state index contributed by atoms with van der Waals surface area (Å²) in [7, 11) is 0. The molecule has 0 unspecified atom stereocenters. The smallest absolute Gasteiger partial charge is 0.333 e. The Morgan fingerprint density at radius 1 is 1.39 bits per heavy atom. The van der Waals surface area contributed by atoms with Gasteiger partial charge >= 0.3 is 5.97 Å². The van der Waals surface area contributed by atoms with Crippen molar-refractivity contribution in [3.63, 3.8) is 0 Å². The van der Waals surface area contributed by atoms with Crippen LogP contribution in [0.2, 0.25) is 0 Å². The summed E-state index contributed by atoms with van der Waals surface area (Å²) >= 11 is 0. The molecule has 1 aliphatic rings. The topological polar surface area (TPSA) is 55.8 Å². The summed E-state index contributed by atoms with van der Waals surface area (Å²) in [6, 6.07) is 9.69. The van der Waals surface area contributed by atoms with Gasteiger partial charge in [-0.15, -0.1) is 0 Å². The average Bonchev–Trinajstić information content (AvgIpc) is 2.81. The summed E-state index contributed by atoms with van der Waals surface area (Å²) in [6.45, 7) is 0.677. The highest BCUT2D eigenvalue weighted by molar-refractivity contribution is 5.90. The van der Waals surface area contributed by atoms with Crippen LogP contribution in [0.25, 0.3) is 0 Å². The predicted octanol–water partition coefficient (Wildman–Crippen LogP) is 1.44. The zero-order valence-electron chi connectivity index (χ0n) is 10.0. The van der Waals surface area contributed by atoms with Gasteiger partial charge in [0.2, 0.25) is 0 Å². The van der Waals surface area contributed by atoms with E-state index in [4.69, 9.17) is 9.47 Å². The first-order valence-electron chi connectivity index (χ1n) is 5.94. The number of rotatable bonds is 5. The molecule has 18 heavy (non-hydrogen) atoms. The minimum atomic E-state index is -0.467. The van der Waals surface area contributed by atoms with Crippen LogP contribution >= 0.6 is 0 Å². The van der Waals surface area contributed by atoms with Gasteiger partial charge < -0.3 is 14.6 Å². The first-order valence-corrected chi connectivity index (χ1v) is 5.94. The molecule has 4 nitrogen and oxygen atoms in total. The first kappa shape index (κ1) is 12.8. The molecule has 1 heterocycles. The Bertz CT molecular complexity index is 425. The Hall–Kier alpha value is -1.65. The van der Waals surface area contributed by atoms with Crippen LogP contribution in [0.1, 0.15) is 12.0 Å². The summed E-state index contributed by atoms with van der Waals surface area (Å²) in [5, 5.41) is 9.23. The van der Waals surface area contributed by atoms with Gasteiger partial charge in [-0.1, -0.05) is 30.3 Å². The van der Waals surface area contributed by atoms with E-state index in [1.165, 1.54) is 0 Å². The van der Waals surface area contributed by atoms with Crippen molar-refractivity contribution < 1.29 is 19.4 Å². The molecule has 1 aromatic rings. The molecule has 0 bridgehead atoms. The number of carbonyl (C=O) groups is 1. The Morgan fingerprint density at radius 3 is 2.78 bits per heavy atom. The maximum atomic E-state index is 11.3. The molecule has 0 saturated carbocycles. The molecule has 1 aliphatic heterocycles. The highest BCUT2D eigenvalue weighted by atomic mass is 16.5. The predicted molar refractivity (Wildman–Crippen MR) is 65.8 cm³/mol. The molecule has 1 fully saturated rings. The van der Waals surface area contributed by atoms with E-state index in [-0.39, 0.29) is 12.6 Å². The number of aliphatic hydroxyl groups is 1. The van der Waals surface area contributed by atoms with Gasteiger partial charge in [-0.2, -0.15) is 0 Å². The largest absolute Gasteiger partial charge is 0.462 e. The SMILES string of the molecule is O=C1OCC/C1=C/[C@H](CO)OCc1ccccc1. The molecule has 1 saturated heterocycles. The van der Waals surface area contributed by atoms with E-state index < -0.39 is 6.10 Å². The van der Waals surface area contributed by atoms with E-state index in [0.29, 0.717) is 25.2 Å². The van der Waals surface area contributed by atoms with Crippen LogP contribution in [0.5, 0.6) is 0 Å². The summed E-state index contributed by atoms with van der Waals surface area (Å²) < 4.78 is 10.4. The molecular formula is C14H16O4. The van der Waals surface area contributed by atoms with Gasteiger partial charge in [-0.25, -0.2) is 4.79 Å². The van der Waals surface area contributed by atoms with Crippen molar-refractivity contribution in [2.24, 2.45) is 0 Å². The zero-order valence-corrected chi connectivity index (χ0v) is 10.0. The number of carbonyl (C=O) groups excluding carboxylic acids is 1. The van der Waals surface area contributed by atoms with Crippen LogP contribution in [0, 0.1) is 0 Å². The van der Waals surface area contributed by atoms with Crippen molar-refractivity contribution >= 4 is 5.97 Å². The van der Waals surface area contributed by atoms with E-state index >= 15 is 0 Å². The van der Waals surface area contributed by atoms with Crippen molar-refractivity contribution in [2.75, 3.05) is 13.2 Å². The van der Waals surface area contributed by atoms with E-state index in [2.05, 4.69) is 0 Å². The Labute approximate surface area is 106 Å². The summed E-state index contributed by atoms with van der Waals surface area (Å²) in [4.78, 5) is 11.3. The van der Waals surface area contributed by atoms with Crippen LogP contribution in [-0.2, 0) is 20.9 Å². The first-order chi connectivity index (χ1) is 8.79. The number of hydrogen-bond acceptors (Lipinski definition) is 4. The number of cyclic esters (lactones) is 1. The quantitative estimate of drug-likeness (QED) is 0.632. The number of benzene rings is 1. The summed E-state index contributed by atoms with van der Waals surface area (Å²) in [5.41, 5.74) is 1.62. The molecule has 0 spiro atoms. The van der Waals surface area contributed by atoms with Crippen LogP contribution < -0.4 is 0 Å². The lowest BCUT2D eigenvalue weighted by Crippen LogP contribution is -2.16. The lowest BCUT2D eigenvalue weighted by molar-refractivity contribution is -0.135. The van der Waals surface area contributed by atoms with E-state index in [0.717, 1.165) is 5.56 Å². The van der Waals surface area contributed by atoms with Crippen molar-refractivity contribution in [1.29, 1.82) is 0 Å². The fraction of sp³-hybridized carbons (Fsp3) is 0.357. The highest BCUT2D eigenvalue weighted by Gasteiger charge is 2.20. The Kier molecular flexibility index (Phi) is 4.50. The van der Waals surface area contributed by atoms with Crippen LogP contribution in [0.15, 0.2) is 42.0 Å². The average molecular weight is 248 g/mol. The lowest BCUT2D eigenvalue weighted by Gasteiger charge is -2.12. The van der Waals surface area contributed by atoms with Crippen LogP contribution in [0.3, 0.4) is 0 Å². The maximum absolute atomic E-state index is 11.3. The third kappa shape index (κ3) is 3.42. The van der Waals surface area contributed by atoms with E-state index in [1.807, 2.05) is 30.3 Å². The Morgan fingerprint density at radius 2 is 2.17 bits per heavy atom. The van der Waals surface area contributed by atoms with Gasteiger partial charge in [-0.05, 0) is 11.6 Å². The minimum Gasteiger partial charge on any atom is -0.462 e. The zero-order chi connectivity index (χ0) is 12.8. The monoisotopic (exact) mass is 248 g/mol. The van der Waals surface area contributed by atoms with Crippen molar-refractivity contribution in [2.45, 2.75) is 19.1 Å². The molecule has 96 valence electrons. The molecular weight excluding hydrogens is 232 g/mol. The molecule has 0 aliphatic carbocycles. The minimum absolute atomic E-state index is 0.149. The normalized spacial score (nSPS) is 18.9. The van der Waals surface area contributed by atoms with Gasteiger partial charge in [0.25, 0.3) is 0 Å². The standard InChI is InChI=1S/C14H16O4/c15-9-13(8-12-6-7-17-14(12)16)18-10-11-4-2-1-3-5-11/h1-5,8,13,15H,6-7,9-10H2/b12-8-/t13-/m1/s1. The Balaban J connectivity index is 1.92. The van der Waals surface area contributed by atoms with Crippen molar-refractivity contribution in [3.05, 3.63) is 47.5 Å². The number of aliphatic hydroxyl groups excluding tert-OH is 1. The molecule has 0 aromatic heterocycles. The van der Waals surface area contributed by atoms with Gasteiger partial charge in [0.05, 0.1) is 25.9 Å². The maximum Gasteiger partial charge on any atom is 0.333 e. The van der Waals surface area contributed by atoms with Crippen molar-refractivity contribution in [1.82, 2.24) is 0 Å². The molecule has 1 aromatic carbocycles. The molecule has 1 N–H and O–H groups in total. The lowest BCUT2D eigenvalue weighted by atomic mass is 10.1. The summed E-state index contributed by atoms with van der Waals surface area (Å²) in [6.07, 6.45) is 1.77. The fourth-order valence-electron chi connectivity index (χ4n) is 1.76. The third-order valence-electron chi connectivity index (χ3n) is 2.74. The second kappa shape index (κ2) is 6.33. The molecule has 0 radical (unpaired) electrons. The number of ether oxygens (including phenoxy) is 2. The van der Waals surface area contributed by atoms with Gasteiger partial charge in [0.1, 0.15) is 0 Å². The summed E-state index contributed by atoms with van der Waals surface area (Å²) in [5.74, 6) is -0.309. The van der Waals surface area contributed by atoms with Crippen LogP contribution in [-0.4, -0.2) is 30.4 Å². The fourth-order valence-corrected chi connectivity index (χ4v) is 1.76. The van der Waals surface area contributed by atoms with E-state index in [9.17, 15) is 9.90 Å². The second-order valence-electron chi connectivity index (χ2n) is 4.10. The van der Waals surface area contributed by atoms with Crippen molar-refractivity contribution in [3.8, 4) is 0 Å². The third-order valence-corrected chi connectivity index (χ3v) is 2.74. The molecule has 2 rings (SSSR count). The molecule has 0 amide bonds. The molecule has 4 heteroatoms. The highest BCUT2D eigenvalue weighted by Crippen LogP contribution is 2.15. The number of hydrogen-bond donors (Lipinski definition) is 1. The van der Waals surface area contributed by atoms with Gasteiger partial charge in [0, 0.05) is 12.0 Å². The van der Waals surface area contributed by atoms with Gasteiger partial charge in [0.15, 0.2) is 0 Å². The van der Waals surface area contributed by atoms with Crippen LogP contribution in [0.4, 0.5) is 0 Å². The molecule has 1 atom stereocenters. The van der Waals surface area contributed by atoms with Gasteiger partial charge in [-0.3, -0.25) is 0 Å². The number of esters is 1. The van der Waals surface area contributed by atoms with E-state index in [1.54, 1.807) is 6.08 Å². The second-order valence-corrected chi connectivity index (χ2v) is 4.10.